The highest BCUT2D eigenvalue weighted by Gasteiger charge is 2.12. The number of amides is 1. The van der Waals surface area contributed by atoms with Crippen LogP contribution in [0.15, 0.2) is 91.5 Å². The predicted octanol–water partition coefficient (Wildman–Crippen LogP) is 4.25. The van der Waals surface area contributed by atoms with Crippen LogP contribution in [-0.2, 0) is 6.54 Å². The molecule has 5 nitrogen and oxygen atoms in total. The smallest absolute Gasteiger partial charge is 0.256 e. The Balaban J connectivity index is 1.58. The van der Waals surface area contributed by atoms with Gasteiger partial charge in [0.25, 0.3) is 5.91 Å². The van der Waals surface area contributed by atoms with Crippen molar-refractivity contribution >= 4 is 11.6 Å². The molecule has 2 aromatic heterocycles. The summed E-state index contributed by atoms with van der Waals surface area (Å²) in [6.07, 6.45) is 7.01. The van der Waals surface area contributed by atoms with Crippen molar-refractivity contribution in [1.82, 2.24) is 14.8 Å². The molecule has 0 atom stereocenters. The summed E-state index contributed by atoms with van der Waals surface area (Å²) in [6, 6.07) is 21.3. The van der Waals surface area contributed by atoms with E-state index in [2.05, 4.69) is 27.5 Å². The van der Waals surface area contributed by atoms with Crippen molar-refractivity contribution in [3.8, 4) is 11.1 Å². The van der Waals surface area contributed by atoms with Crippen LogP contribution in [0.4, 0.5) is 5.69 Å². The molecule has 1 N–H and O–H groups in total. The van der Waals surface area contributed by atoms with Crippen molar-refractivity contribution in [1.29, 1.82) is 0 Å². The molecule has 0 fully saturated rings. The highest BCUT2D eigenvalue weighted by molar-refractivity contribution is 6.08. The van der Waals surface area contributed by atoms with Crippen LogP contribution in [0, 0.1) is 0 Å². The number of nitrogens with zero attached hydrogens (tertiary/aromatic N) is 3. The first-order valence-electron chi connectivity index (χ1n) is 8.67. The Morgan fingerprint density at radius 2 is 1.78 bits per heavy atom. The average molecular weight is 354 g/mol. The van der Waals surface area contributed by atoms with Crippen LogP contribution in [0.25, 0.3) is 11.1 Å². The number of hydrogen-bond donors (Lipinski definition) is 1. The molecule has 0 aliphatic carbocycles. The maximum atomic E-state index is 12.7. The number of carbonyl (C=O) groups is 1. The molecule has 0 aliphatic heterocycles. The standard InChI is InChI=1S/C22H18N4O/c27-22(25-19-5-3-12-23-15-19)21-7-2-1-6-20(21)18-10-8-17(9-11-18)16-26-14-4-13-24-26/h1-15H,16H2,(H,25,27). The molecule has 0 bridgehead atoms. The van der Waals surface area contributed by atoms with Gasteiger partial charge in [-0.3, -0.25) is 14.5 Å². The van der Waals surface area contributed by atoms with Crippen molar-refractivity contribution in [2.45, 2.75) is 6.54 Å². The number of carbonyl (C=O) groups excluding carboxylic acids is 1. The van der Waals surface area contributed by atoms with Gasteiger partial charge in [0.15, 0.2) is 0 Å². The number of anilines is 1. The van der Waals surface area contributed by atoms with Crippen LogP contribution < -0.4 is 5.32 Å². The number of pyridine rings is 1. The fourth-order valence-corrected chi connectivity index (χ4v) is 2.94. The lowest BCUT2D eigenvalue weighted by atomic mass is 9.98. The number of hydrogen-bond acceptors (Lipinski definition) is 3. The van der Waals surface area contributed by atoms with E-state index in [4.69, 9.17) is 0 Å². The monoisotopic (exact) mass is 354 g/mol. The first kappa shape index (κ1) is 16.7. The molecule has 27 heavy (non-hydrogen) atoms. The third-order valence-corrected chi connectivity index (χ3v) is 4.26. The SMILES string of the molecule is O=C(Nc1cccnc1)c1ccccc1-c1ccc(Cn2cccn2)cc1. The van der Waals surface area contributed by atoms with E-state index < -0.39 is 0 Å². The Labute approximate surface area is 157 Å². The number of aromatic nitrogens is 3. The van der Waals surface area contributed by atoms with Gasteiger partial charge in [-0.1, -0.05) is 42.5 Å². The fourth-order valence-electron chi connectivity index (χ4n) is 2.94. The summed E-state index contributed by atoms with van der Waals surface area (Å²) in [5.41, 5.74) is 4.34. The van der Waals surface area contributed by atoms with Gasteiger partial charge in [-0.25, -0.2) is 0 Å². The Morgan fingerprint density at radius 3 is 2.52 bits per heavy atom. The summed E-state index contributed by atoms with van der Waals surface area (Å²) in [5, 5.41) is 7.12. The number of benzene rings is 2. The first-order chi connectivity index (χ1) is 13.3. The van der Waals surface area contributed by atoms with Gasteiger partial charge in [0.1, 0.15) is 0 Å². The van der Waals surface area contributed by atoms with E-state index >= 15 is 0 Å². The predicted molar refractivity (Wildman–Crippen MR) is 105 cm³/mol. The molecule has 0 saturated carbocycles. The molecule has 2 heterocycles. The molecular formula is C22H18N4O. The summed E-state index contributed by atoms with van der Waals surface area (Å²) < 4.78 is 1.88. The first-order valence-corrected chi connectivity index (χ1v) is 8.67. The summed E-state index contributed by atoms with van der Waals surface area (Å²) in [4.78, 5) is 16.8. The maximum absolute atomic E-state index is 12.7. The van der Waals surface area contributed by atoms with Crippen molar-refractivity contribution in [2.75, 3.05) is 5.32 Å². The van der Waals surface area contributed by atoms with Crippen LogP contribution in [-0.4, -0.2) is 20.7 Å². The summed E-state index contributed by atoms with van der Waals surface area (Å²) in [7, 11) is 0. The zero-order chi connectivity index (χ0) is 18.5. The van der Waals surface area contributed by atoms with Crippen LogP contribution >= 0.6 is 0 Å². The van der Waals surface area contributed by atoms with Gasteiger partial charge in [0.2, 0.25) is 0 Å². The van der Waals surface area contributed by atoms with Crippen molar-refractivity contribution in [3.63, 3.8) is 0 Å². The van der Waals surface area contributed by atoms with Gasteiger partial charge in [-0.2, -0.15) is 5.10 Å². The zero-order valence-corrected chi connectivity index (χ0v) is 14.6. The molecule has 0 spiro atoms. The molecule has 1 amide bonds. The van der Waals surface area contributed by atoms with Crippen LogP contribution in [0.2, 0.25) is 0 Å². The second kappa shape index (κ2) is 7.66. The van der Waals surface area contributed by atoms with Gasteiger partial charge in [0.05, 0.1) is 18.4 Å². The van der Waals surface area contributed by atoms with E-state index in [9.17, 15) is 4.79 Å². The number of rotatable bonds is 5. The largest absolute Gasteiger partial charge is 0.321 e. The van der Waals surface area contributed by atoms with Gasteiger partial charge in [-0.05, 0) is 41.0 Å². The van der Waals surface area contributed by atoms with Gasteiger partial charge < -0.3 is 5.32 Å². The Bertz CT molecular complexity index is 1030. The van der Waals surface area contributed by atoms with Crippen molar-refractivity contribution < 1.29 is 4.79 Å². The quantitative estimate of drug-likeness (QED) is 0.583. The molecule has 0 radical (unpaired) electrons. The van der Waals surface area contributed by atoms with Crippen molar-refractivity contribution in [2.24, 2.45) is 0 Å². The van der Waals surface area contributed by atoms with Crippen LogP contribution in [0.5, 0.6) is 0 Å². The normalized spacial score (nSPS) is 10.5. The van der Waals surface area contributed by atoms with Gasteiger partial charge in [-0.15, -0.1) is 0 Å². The minimum atomic E-state index is -0.154. The van der Waals surface area contributed by atoms with E-state index in [-0.39, 0.29) is 5.91 Å². The lowest BCUT2D eigenvalue weighted by molar-refractivity contribution is 0.102. The Morgan fingerprint density at radius 1 is 0.926 bits per heavy atom. The van der Waals surface area contributed by atoms with Gasteiger partial charge in [0, 0.05) is 24.2 Å². The fraction of sp³-hybridized carbons (Fsp3) is 0.0455. The second-order valence-corrected chi connectivity index (χ2v) is 6.14. The van der Waals surface area contributed by atoms with Crippen LogP contribution in [0.1, 0.15) is 15.9 Å². The molecular weight excluding hydrogens is 336 g/mol. The van der Waals surface area contributed by atoms with E-state index in [1.807, 2.05) is 59.4 Å². The summed E-state index contributed by atoms with van der Waals surface area (Å²) >= 11 is 0. The van der Waals surface area contributed by atoms with E-state index in [1.165, 1.54) is 0 Å². The molecule has 0 aliphatic rings. The third kappa shape index (κ3) is 3.93. The topological polar surface area (TPSA) is 59.8 Å². The van der Waals surface area contributed by atoms with Gasteiger partial charge >= 0.3 is 0 Å². The van der Waals surface area contributed by atoms with E-state index in [0.717, 1.165) is 23.2 Å². The summed E-state index contributed by atoms with van der Waals surface area (Å²) in [5.74, 6) is -0.154. The molecule has 2 aromatic carbocycles. The minimum absolute atomic E-state index is 0.154. The Hall–Kier alpha value is -3.73. The lowest BCUT2D eigenvalue weighted by Gasteiger charge is -2.11. The molecule has 0 saturated heterocycles. The molecule has 5 heteroatoms. The van der Waals surface area contributed by atoms with E-state index in [1.54, 1.807) is 24.7 Å². The Kier molecular flexibility index (Phi) is 4.74. The molecule has 132 valence electrons. The van der Waals surface area contributed by atoms with Crippen molar-refractivity contribution in [3.05, 3.63) is 103 Å². The summed E-state index contributed by atoms with van der Waals surface area (Å²) in [6.45, 7) is 0.719. The highest BCUT2D eigenvalue weighted by atomic mass is 16.1. The maximum Gasteiger partial charge on any atom is 0.256 e. The number of nitrogens with one attached hydrogen (secondary N) is 1. The second-order valence-electron chi connectivity index (χ2n) is 6.14. The van der Waals surface area contributed by atoms with E-state index in [0.29, 0.717) is 11.3 Å². The third-order valence-electron chi connectivity index (χ3n) is 4.26. The highest BCUT2D eigenvalue weighted by Crippen LogP contribution is 2.25. The molecule has 4 rings (SSSR count). The van der Waals surface area contributed by atoms with Crippen LogP contribution in [0.3, 0.4) is 0 Å². The lowest BCUT2D eigenvalue weighted by Crippen LogP contribution is -2.13. The minimum Gasteiger partial charge on any atom is -0.321 e. The zero-order valence-electron chi connectivity index (χ0n) is 14.6. The molecule has 0 unspecified atom stereocenters. The average Bonchev–Trinajstić information content (AvgIpc) is 3.22. The molecule has 4 aromatic rings.